The zero-order chi connectivity index (χ0) is 15.7. The molecule has 0 N–H and O–H groups in total. The fourth-order valence-corrected chi connectivity index (χ4v) is 3.60. The first-order valence-corrected chi connectivity index (χ1v) is 8.04. The molecule has 0 spiro atoms. The van der Waals surface area contributed by atoms with E-state index in [9.17, 15) is 4.79 Å². The van der Waals surface area contributed by atoms with Crippen molar-refractivity contribution in [1.29, 1.82) is 0 Å². The van der Waals surface area contributed by atoms with Crippen LogP contribution in [0.25, 0.3) is 0 Å². The Morgan fingerprint density at radius 2 is 1.64 bits per heavy atom. The normalized spacial score (nSPS) is 22.9. The lowest BCUT2D eigenvalue weighted by Gasteiger charge is -2.35. The quantitative estimate of drug-likeness (QED) is 0.807. The minimum atomic E-state index is -0.0766. The Hall–Kier alpha value is -2.09. The summed E-state index contributed by atoms with van der Waals surface area (Å²) in [5.74, 6) is 0.154. The van der Waals surface area contributed by atoms with Gasteiger partial charge in [-0.25, -0.2) is 0 Å². The van der Waals surface area contributed by atoms with E-state index in [1.54, 1.807) is 0 Å². The molecule has 1 heterocycles. The number of carbonyl (C=O) groups is 1. The van der Waals surface area contributed by atoms with Crippen LogP contribution in [-0.4, -0.2) is 16.8 Å². The SMILES string of the molecule is C[C@@H]1C(=O)N([C@@H](C)c2ccccc2)[C@@H](C)Cc2ccccc21. The van der Waals surface area contributed by atoms with E-state index in [1.807, 2.05) is 31.2 Å². The predicted octanol–water partition coefficient (Wildman–Crippen LogP) is 4.32. The predicted molar refractivity (Wildman–Crippen MR) is 89.7 cm³/mol. The second-order valence-corrected chi connectivity index (χ2v) is 6.31. The molecule has 0 saturated heterocycles. The zero-order valence-electron chi connectivity index (χ0n) is 13.5. The van der Waals surface area contributed by atoms with E-state index in [-0.39, 0.29) is 23.9 Å². The Kier molecular flexibility index (Phi) is 4.02. The van der Waals surface area contributed by atoms with Crippen molar-refractivity contribution in [2.24, 2.45) is 0 Å². The zero-order valence-corrected chi connectivity index (χ0v) is 13.5. The maximum Gasteiger partial charge on any atom is 0.230 e. The molecule has 22 heavy (non-hydrogen) atoms. The number of hydrogen-bond acceptors (Lipinski definition) is 1. The van der Waals surface area contributed by atoms with Crippen molar-refractivity contribution in [2.75, 3.05) is 0 Å². The lowest BCUT2D eigenvalue weighted by atomic mass is 9.94. The summed E-state index contributed by atoms with van der Waals surface area (Å²) in [5.41, 5.74) is 3.68. The molecule has 1 aliphatic heterocycles. The summed E-state index contributed by atoms with van der Waals surface area (Å²) < 4.78 is 0. The molecule has 2 aromatic carbocycles. The second-order valence-electron chi connectivity index (χ2n) is 6.31. The smallest absolute Gasteiger partial charge is 0.230 e. The van der Waals surface area contributed by atoms with Crippen LogP contribution in [-0.2, 0) is 11.2 Å². The number of fused-ring (bicyclic) bond motifs is 1. The van der Waals surface area contributed by atoms with Gasteiger partial charge < -0.3 is 4.90 Å². The molecule has 0 aliphatic carbocycles. The van der Waals surface area contributed by atoms with Crippen molar-refractivity contribution in [3.63, 3.8) is 0 Å². The summed E-state index contributed by atoms with van der Waals surface area (Å²) in [7, 11) is 0. The highest BCUT2D eigenvalue weighted by Gasteiger charge is 2.34. The molecule has 0 bridgehead atoms. The lowest BCUT2D eigenvalue weighted by molar-refractivity contribution is -0.136. The van der Waals surface area contributed by atoms with E-state index in [2.05, 4.69) is 49.1 Å². The van der Waals surface area contributed by atoms with E-state index in [0.29, 0.717) is 0 Å². The molecule has 1 aliphatic rings. The van der Waals surface area contributed by atoms with Crippen molar-refractivity contribution in [2.45, 2.75) is 45.2 Å². The highest BCUT2D eigenvalue weighted by Crippen LogP contribution is 2.33. The highest BCUT2D eigenvalue weighted by molar-refractivity contribution is 5.85. The molecule has 2 aromatic rings. The van der Waals surface area contributed by atoms with Gasteiger partial charge in [-0.15, -0.1) is 0 Å². The molecule has 2 heteroatoms. The fraction of sp³-hybridized carbons (Fsp3) is 0.350. The molecule has 0 unspecified atom stereocenters. The van der Waals surface area contributed by atoms with Crippen LogP contribution in [0.2, 0.25) is 0 Å². The van der Waals surface area contributed by atoms with Gasteiger partial charge in [0.25, 0.3) is 0 Å². The Morgan fingerprint density at radius 3 is 2.36 bits per heavy atom. The number of carbonyl (C=O) groups excluding carboxylic acids is 1. The maximum atomic E-state index is 13.1. The van der Waals surface area contributed by atoms with Crippen molar-refractivity contribution in [1.82, 2.24) is 4.90 Å². The third-order valence-electron chi connectivity index (χ3n) is 4.84. The summed E-state index contributed by atoms with van der Waals surface area (Å²) in [5, 5.41) is 0. The third kappa shape index (κ3) is 2.54. The van der Waals surface area contributed by atoms with E-state index < -0.39 is 0 Å². The monoisotopic (exact) mass is 293 g/mol. The van der Waals surface area contributed by atoms with Gasteiger partial charge in [-0.3, -0.25) is 4.79 Å². The molecule has 114 valence electrons. The highest BCUT2D eigenvalue weighted by atomic mass is 16.2. The van der Waals surface area contributed by atoms with Gasteiger partial charge in [0.15, 0.2) is 0 Å². The largest absolute Gasteiger partial charge is 0.332 e. The van der Waals surface area contributed by atoms with Gasteiger partial charge in [0.05, 0.1) is 12.0 Å². The van der Waals surface area contributed by atoms with Gasteiger partial charge in [-0.2, -0.15) is 0 Å². The van der Waals surface area contributed by atoms with Crippen LogP contribution in [0.15, 0.2) is 54.6 Å². The summed E-state index contributed by atoms with van der Waals surface area (Å²) in [6, 6.07) is 19.0. The van der Waals surface area contributed by atoms with Gasteiger partial charge in [0.1, 0.15) is 0 Å². The first-order chi connectivity index (χ1) is 10.6. The average Bonchev–Trinajstić information content (AvgIpc) is 2.63. The number of nitrogens with zero attached hydrogens (tertiary/aromatic N) is 1. The number of benzene rings is 2. The van der Waals surface area contributed by atoms with E-state index in [1.165, 1.54) is 16.7 Å². The number of hydrogen-bond donors (Lipinski definition) is 0. The van der Waals surface area contributed by atoms with Crippen molar-refractivity contribution in [3.8, 4) is 0 Å². The van der Waals surface area contributed by atoms with Gasteiger partial charge in [-0.1, -0.05) is 54.6 Å². The Balaban J connectivity index is 1.98. The van der Waals surface area contributed by atoms with E-state index >= 15 is 0 Å². The molecule has 0 fully saturated rings. The lowest BCUT2D eigenvalue weighted by Crippen LogP contribution is -2.41. The molecule has 2 nitrogen and oxygen atoms in total. The molecule has 3 atom stereocenters. The van der Waals surface area contributed by atoms with Crippen LogP contribution >= 0.6 is 0 Å². The van der Waals surface area contributed by atoms with Gasteiger partial charge >= 0.3 is 0 Å². The van der Waals surface area contributed by atoms with Crippen molar-refractivity contribution >= 4 is 5.91 Å². The summed E-state index contributed by atoms with van der Waals surface area (Å²) in [4.78, 5) is 15.1. The topological polar surface area (TPSA) is 20.3 Å². The minimum absolute atomic E-state index is 0.0766. The number of rotatable bonds is 2. The van der Waals surface area contributed by atoms with Crippen molar-refractivity contribution < 1.29 is 4.79 Å². The van der Waals surface area contributed by atoms with Crippen LogP contribution in [0.5, 0.6) is 0 Å². The Labute approximate surface area is 132 Å². The molecule has 0 radical (unpaired) electrons. The summed E-state index contributed by atoms with van der Waals surface area (Å²) in [6.07, 6.45) is 0.920. The maximum absolute atomic E-state index is 13.1. The summed E-state index contributed by atoms with van der Waals surface area (Å²) >= 11 is 0. The van der Waals surface area contributed by atoms with Crippen LogP contribution in [0.4, 0.5) is 0 Å². The second kappa shape index (κ2) is 5.96. The standard InChI is InChI=1S/C20H23NO/c1-14-13-18-11-7-8-12-19(18)15(2)20(22)21(14)16(3)17-9-5-4-6-10-17/h4-12,14-16H,13H2,1-3H3/t14-,15-,16-/m0/s1. The van der Waals surface area contributed by atoms with Crippen molar-refractivity contribution in [3.05, 3.63) is 71.3 Å². The molecular weight excluding hydrogens is 270 g/mol. The van der Waals surface area contributed by atoms with Crippen LogP contribution in [0.1, 0.15) is 49.4 Å². The van der Waals surface area contributed by atoms with Crippen LogP contribution in [0.3, 0.4) is 0 Å². The Bertz CT molecular complexity index is 664. The van der Waals surface area contributed by atoms with Gasteiger partial charge in [0, 0.05) is 6.04 Å². The van der Waals surface area contributed by atoms with Gasteiger partial charge in [0.2, 0.25) is 5.91 Å². The third-order valence-corrected chi connectivity index (χ3v) is 4.84. The first-order valence-electron chi connectivity index (χ1n) is 8.04. The van der Waals surface area contributed by atoms with Crippen LogP contribution < -0.4 is 0 Å². The first kappa shape index (κ1) is 14.8. The molecule has 3 rings (SSSR count). The molecule has 0 saturated carbocycles. The summed E-state index contributed by atoms with van der Waals surface area (Å²) in [6.45, 7) is 6.32. The van der Waals surface area contributed by atoms with Crippen LogP contribution in [0, 0.1) is 0 Å². The molecule has 1 amide bonds. The minimum Gasteiger partial charge on any atom is -0.332 e. The van der Waals surface area contributed by atoms with E-state index in [4.69, 9.17) is 0 Å². The van der Waals surface area contributed by atoms with E-state index in [0.717, 1.165) is 6.42 Å². The number of amides is 1. The molecule has 0 aromatic heterocycles. The average molecular weight is 293 g/mol. The fourth-order valence-electron chi connectivity index (χ4n) is 3.60. The van der Waals surface area contributed by atoms with Gasteiger partial charge in [-0.05, 0) is 43.9 Å². The Morgan fingerprint density at radius 1 is 1.00 bits per heavy atom. The molecular formula is C20H23NO.